The lowest BCUT2D eigenvalue weighted by Gasteiger charge is -2.33. The van der Waals surface area contributed by atoms with Gasteiger partial charge in [-0.25, -0.2) is 4.39 Å². The van der Waals surface area contributed by atoms with Gasteiger partial charge in [0.15, 0.2) is 0 Å². The molecule has 1 aliphatic heterocycles. The van der Waals surface area contributed by atoms with Gasteiger partial charge in [-0.3, -0.25) is 14.9 Å². The Bertz CT molecular complexity index is 565. The molecule has 0 bridgehead atoms. The van der Waals surface area contributed by atoms with Crippen LogP contribution in [0.4, 0.5) is 10.1 Å². The summed E-state index contributed by atoms with van der Waals surface area (Å²) in [7, 11) is 0. The minimum Gasteiger partial charge on any atom is -0.348 e. The summed E-state index contributed by atoms with van der Waals surface area (Å²) in [4.78, 5) is 24.1. The number of hydrogen-bond donors (Lipinski definition) is 1. The van der Waals surface area contributed by atoms with Crippen LogP contribution in [0.25, 0.3) is 0 Å². The van der Waals surface area contributed by atoms with E-state index in [2.05, 4.69) is 5.32 Å². The van der Waals surface area contributed by atoms with Gasteiger partial charge in [-0.05, 0) is 25.1 Å². The summed E-state index contributed by atoms with van der Waals surface area (Å²) in [5.74, 6) is -1.56. The molecule has 1 saturated heterocycles. The molecule has 5 nitrogen and oxygen atoms in total. The van der Waals surface area contributed by atoms with Gasteiger partial charge in [0.1, 0.15) is 11.9 Å². The minimum absolute atomic E-state index is 0.0876. The Hall–Kier alpha value is -2.42. The van der Waals surface area contributed by atoms with Crippen LogP contribution >= 0.6 is 0 Å². The van der Waals surface area contributed by atoms with Gasteiger partial charge in [-0.2, -0.15) is 5.26 Å². The molecule has 92 valence electrons. The van der Waals surface area contributed by atoms with E-state index in [1.165, 1.54) is 17.0 Å². The molecular formula is C12H10FN3O2. The maximum absolute atomic E-state index is 13.8. The van der Waals surface area contributed by atoms with Crippen molar-refractivity contribution in [2.24, 2.45) is 0 Å². The van der Waals surface area contributed by atoms with E-state index in [1.807, 2.05) is 6.07 Å². The second-order valence-corrected chi connectivity index (χ2v) is 3.99. The van der Waals surface area contributed by atoms with Crippen molar-refractivity contribution in [3.63, 3.8) is 0 Å². The van der Waals surface area contributed by atoms with Crippen LogP contribution in [0.5, 0.6) is 0 Å². The average Bonchev–Trinajstić information content (AvgIpc) is 2.34. The number of rotatable bonds is 1. The number of carbonyl (C=O) groups is 2. The lowest BCUT2D eigenvalue weighted by atomic mass is 10.1. The third kappa shape index (κ3) is 2.02. The summed E-state index contributed by atoms with van der Waals surface area (Å²) in [6, 6.07) is 5.12. The van der Waals surface area contributed by atoms with Gasteiger partial charge in [0.2, 0.25) is 11.8 Å². The van der Waals surface area contributed by atoms with E-state index in [-0.39, 0.29) is 17.8 Å². The molecule has 1 aliphatic rings. The number of carbonyl (C=O) groups excluding carboxylic acids is 2. The van der Waals surface area contributed by atoms with Gasteiger partial charge in [0.25, 0.3) is 0 Å². The lowest BCUT2D eigenvalue weighted by molar-refractivity contribution is -0.132. The summed E-state index contributed by atoms with van der Waals surface area (Å²) in [5.41, 5.74) is 0.335. The number of nitrogens with one attached hydrogen (secondary N) is 1. The van der Waals surface area contributed by atoms with E-state index in [1.54, 1.807) is 6.92 Å². The van der Waals surface area contributed by atoms with Gasteiger partial charge in [-0.15, -0.1) is 0 Å². The smallest absolute Gasteiger partial charge is 0.249 e. The van der Waals surface area contributed by atoms with E-state index in [0.29, 0.717) is 0 Å². The quantitative estimate of drug-likeness (QED) is 0.735. The predicted molar refractivity (Wildman–Crippen MR) is 61.1 cm³/mol. The molecule has 1 atom stereocenters. The van der Waals surface area contributed by atoms with Crippen molar-refractivity contribution < 1.29 is 14.0 Å². The van der Waals surface area contributed by atoms with Crippen LogP contribution in [0.2, 0.25) is 0 Å². The number of amides is 2. The molecule has 1 aromatic rings. The molecule has 1 aromatic carbocycles. The van der Waals surface area contributed by atoms with Crippen LogP contribution in [0.15, 0.2) is 18.2 Å². The van der Waals surface area contributed by atoms with Crippen molar-refractivity contribution in [2.75, 3.05) is 11.4 Å². The second-order valence-electron chi connectivity index (χ2n) is 3.99. The average molecular weight is 247 g/mol. The van der Waals surface area contributed by atoms with Crippen LogP contribution < -0.4 is 10.2 Å². The summed E-state index contributed by atoms with van der Waals surface area (Å²) in [6.45, 7) is 1.50. The number of hydrogen-bond acceptors (Lipinski definition) is 4. The summed E-state index contributed by atoms with van der Waals surface area (Å²) >= 11 is 0. The van der Waals surface area contributed by atoms with Gasteiger partial charge in [-0.1, -0.05) is 0 Å². The standard InChI is InChI=1S/C12H10FN3O2/c1-7-12(18)15-11(17)6-16(7)10-3-2-8(5-14)4-9(10)13/h2-4,7H,6H2,1H3,(H,15,17,18). The zero-order valence-corrected chi connectivity index (χ0v) is 9.61. The van der Waals surface area contributed by atoms with Crippen molar-refractivity contribution in [3.8, 4) is 6.07 Å². The summed E-state index contributed by atoms with van der Waals surface area (Å²) < 4.78 is 13.8. The van der Waals surface area contributed by atoms with Gasteiger partial charge < -0.3 is 4.90 Å². The highest BCUT2D eigenvalue weighted by molar-refractivity contribution is 6.04. The van der Waals surface area contributed by atoms with Gasteiger partial charge in [0, 0.05) is 0 Å². The molecule has 6 heteroatoms. The normalized spacial score (nSPS) is 19.4. The SMILES string of the molecule is CC1C(=O)NC(=O)CN1c1ccc(C#N)cc1F. The highest BCUT2D eigenvalue weighted by Crippen LogP contribution is 2.23. The predicted octanol–water partition coefficient (Wildman–Crippen LogP) is 0.549. The zero-order valence-electron chi connectivity index (χ0n) is 9.61. The van der Waals surface area contributed by atoms with Crippen molar-refractivity contribution >= 4 is 17.5 Å². The molecule has 1 fully saturated rings. The molecule has 1 unspecified atom stereocenters. The Morgan fingerprint density at radius 3 is 2.83 bits per heavy atom. The molecule has 0 radical (unpaired) electrons. The first kappa shape index (κ1) is 12.0. The topological polar surface area (TPSA) is 73.2 Å². The van der Waals surface area contributed by atoms with Crippen molar-refractivity contribution in [2.45, 2.75) is 13.0 Å². The van der Waals surface area contributed by atoms with Crippen LogP contribution in [0.3, 0.4) is 0 Å². The number of halogens is 1. The van der Waals surface area contributed by atoms with E-state index < -0.39 is 23.7 Å². The summed E-state index contributed by atoms with van der Waals surface area (Å²) in [5, 5.41) is 10.8. The minimum atomic E-state index is -0.634. The lowest BCUT2D eigenvalue weighted by Crippen LogP contribution is -2.57. The first-order chi connectivity index (χ1) is 8.52. The first-order valence-electron chi connectivity index (χ1n) is 5.33. The fourth-order valence-corrected chi connectivity index (χ4v) is 1.82. The zero-order chi connectivity index (χ0) is 13.3. The highest BCUT2D eigenvalue weighted by atomic mass is 19.1. The fourth-order valence-electron chi connectivity index (χ4n) is 1.82. The highest BCUT2D eigenvalue weighted by Gasteiger charge is 2.31. The molecule has 2 amide bonds. The number of nitrogens with zero attached hydrogens (tertiary/aromatic N) is 2. The molecule has 2 rings (SSSR count). The number of anilines is 1. The first-order valence-corrected chi connectivity index (χ1v) is 5.33. The van der Waals surface area contributed by atoms with Crippen molar-refractivity contribution in [1.29, 1.82) is 5.26 Å². The molecule has 0 aliphatic carbocycles. The maximum atomic E-state index is 13.8. The Morgan fingerprint density at radius 1 is 1.50 bits per heavy atom. The Morgan fingerprint density at radius 2 is 2.22 bits per heavy atom. The number of benzene rings is 1. The van der Waals surface area contributed by atoms with Gasteiger partial charge >= 0.3 is 0 Å². The van der Waals surface area contributed by atoms with Crippen LogP contribution in [-0.4, -0.2) is 24.4 Å². The van der Waals surface area contributed by atoms with E-state index in [0.717, 1.165) is 6.07 Å². The van der Waals surface area contributed by atoms with Gasteiger partial charge in [0.05, 0.1) is 23.9 Å². The Labute approximate surface area is 103 Å². The third-order valence-corrected chi connectivity index (χ3v) is 2.81. The largest absolute Gasteiger partial charge is 0.348 e. The monoisotopic (exact) mass is 247 g/mol. The second kappa shape index (κ2) is 4.45. The Balaban J connectivity index is 2.39. The molecule has 0 aromatic heterocycles. The molecular weight excluding hydrogens is 237 g/mol. The number of piperazine rings is 1. The number of imide groups is 1. The van der Waals surface area contributed by atoms with Crippen LogP contribution in [0, 0.1) is 17.1 Å². The molecule has 0 spiro atoms. The summed E-state index contributed by atoms with van der Waals surface area (Å²) in [6.07, 6.45) is 0. The number of nitriles is 1. The molecule has 0 saturated carbocycles. The van der Waals surface area contributed by atoms with E-state index in [4.69, 9.17) is 5.26 Å². The molecule has 1 N–H and O–H groups in total. The van der Waals surface area contributed by atoms with Crippen molar-refractivity contribution in [1.82, 2.24) is 5.32 Å². The molecule has 1 heterocycles. The Kier molecular flexibility index (Phi) is 2.98. The van der Waals surface area contributed by atoms with Crippen molar-refractivity contribution in [3.05, 3.63) is 29.6 Å². The maximum Gasteiger partial charge on any atom is 0.249 e. The third-order valence-electron chi connectivity index (χ3n) is 2.81. The fraction of sp³-hybridized carbons (Fsp3) is 0.250. The molecule has 18 heavy (non-hydrogen) atoms. The van der Waals surface area contributed by atoms with E-state index in [9.17, 15) is 14.0 Å². The van der Waals surface area contributed by atoms with Crippen LogP contribution in [-0.2, 0) is 9.59 Å². The van der Waals surface area contributed by atoms with Crippen LogP contribution in [0.1, 0.15) is 12.5 Å². The van der Waals surface area contributed by atoms with E-state index >= 15 is 0 Å².